The molecule has 72 valence electrons. The van der Waals surface area contributed by atoms with E-state index < -0.39 is 22.5 Å². The van der Waals surface area contributed by atoms with Crippen molar-refractivity contribution in [3.05, 3.63) is 0 Å². The number of carbonyl (C=O) groups is 1. The third-order valence-electron chi connectivity index (χ3n) is 0.486. The maximum atomic E-state index is 11.2. The summed E-state index contributed by atoms with van der Waals surface area (Å²) in [6.07, 6.45) is -5.52. The highest BCUT2D eigenvalue weighted by molar-refractivity contribution is 7.82. The molecule has 12 heavy (non-hydrogen) atoms. The molecule has 0 aromatic heterocycles. The summed E-state index contributed by atoms with van der Waals surface area (Å²) in [5, 5.41) is 0. The first-order valence-electron chi connectivity index (χ1n) is 2.05. The molecule has 0 unspecified atom stereocenters. The zero-order chi connectivity index (χ0) is 9.99. The highest BCUT2D eigenvalue weighted by atomic mass is 32.3. The van der Waals surface area contributed by atoms with Crippen molar-refractivity contribution in [2.24, 2.45) is 0 Å². The van der Waals surface area contributed by atoms with Gasteiger partial charge in [0.1, 0.15) is 0 Å². The van der Waals surface area contributed by atoms with Crippen LogP contribution in [0.15, 0.2) is 0 Å². The Labute approximate surface area is 63.1 Å². The fraction of sp³-hybridized carbons (Fsp3) is 0.500. The van der Waals surface area contributed by atoms with Gasteiger partial charge in [0.2, 0.25) is 0 Å². The molecule has 0 saturated heterocycles. The summed E-state index contributed by atoms with van der Waals surface area (Å²) in [5.74, 6) is -3.08. The van der Waals surface area contributed by atoms with Crippen LogP contribution in [0.3, 0.4) is 0 Å². The van der Waals surface area contributed by atoms with Crippen LogP contribution in [0.25, 0.3) is 0 Å². The second-order valence-electron chi connectivity index (χ2n) is 1.34. The predicted molar refractivity (Wildman–Crippen MR) is 23.3 cm³/mol. The van der Waals surface area contributed by atoms with E-state index in [4.69, 9.17) is 0 Å². The Morgan fingerprint density at radius 3 is 1.92 bits per heavy atom. The van der Waals surface area contributed by atoms with Crippen LogP contribution in [-0.2, 0) is 23.8 Å². The highest BCUT2D eigenvalue weighted by Gasteiger charge is 2.44. The van der Waals surface area contributed by atoms with E-state index in [1.54, 1.807) is 0 Å². The smallest absolute Gasteiger partial charge is 0.315 e. The molecule has 0 rings (SSSR count). The topological polar surface area (TPSA) is 69.7 Å². The van der Waals surface area contributed by atoms with Crippen molar-refractivity contribution < 1.29 is 39.5 Å². The van der Waals surface area contributed by atoms with Gasteiger partial charge in [-0.15, -0.1) is 0 Å². The minimum Gasteiger partial charge on any atom is -0.315 e. The van der Waals surface area contributed by atoms with Crippen molar-refractivity contribution in [3.63, 3.8) is 0 Å². The van der Waals surface area contributed by atoms with Gasteiger partial charge in [-0.3, -0.25) is 0 Å². The summed E-state index contributed by atoms with van der Waals surface area (Å²) >= 11 is 0. The standard InChI is InChI=1S/C2F4O5S/c3-2(4,5)1(7)10-12(8,9)11-6. The Morgan fingerprint density at radius 1 is 1.25 bits per heavy atom. The summed E-state index contributed by atoms with van der Waals surface area (Å²) in [7, 11) is -5.54. The number of hydrogen-bond donors (Lipinski definition) is 0. The average molecular weight is 212 g/mol. The van der Waals surface area contributed by atoms with Crippen LogP contribution in [0.2, 0.25) is 0 Å². The van der Waals surface area contributed by atoms with Gasteiger partial charge in [-0.05, 0) is 8.91 Å². The lowest BCUT2D eigenvalue weighted by Crippen LogP contribution is -2.28. The number of alkyl halides is 3. The summed E-state index contributed by atoms with van der Waals surface area (Å²) < 4.78 is 68.3. The van der Waals surface area contributed by atoms with Crippen LogP contribution in [0, 0.1) is 0 Å². The number of rotatable bonds is 2. The molecule has 5 nitrogen and oxygen atoms in total. The quantitative estimate of drug-likeness (QED) is 0.613. The van der Waals surface area contributed by atoms with Crippen LogP contribution >= 0.6 is 0 Å². The fourth-order valence-corrected chi connectivity index (χ4v) is 0.458. The molecule has 0 aromatic rings. The minimum atomic E-state index is -5.54. The van der Waals surface area contributed by atoms with Gasteiger partial charge < -0.3 is 4.18 Å². The number of carbonyl (C=O) groups excluding carboxylic acids is 1. The van der Waals surface area contributed by atoms with Gasteiger partial charge in [0.25, 0.3) is 0 Å². The second kappa shape index (κ2) is 3.23. The molecule has 0 bridgehead atoms. The summed E-state index contributed by atoms with van der Waals surface area (Å²) in [6.45, 7) is 0. The van der Waals surface area contributed by atoms with E-state index in [0.717, 1.165) is 0 Å². The first kappa shape index (κ1) is 11.1. The molecule has 0 fully saturated rings. The summed E-state index contributed by atoms with van der Waals surface area (Å²) in [6, 6.07) is 0. The molecule has 0 N–H and O–H groups in total. The van der Waals surface area contributed by atoms with Gasteiger partial charge in [0.15, 0.2) is 0 Å². The predicted octanol–water partition coefficient (Wildman–Crippen LogP) is 0.238. The lowest BCUT2D eigenvalue weighted by molar-refractivity contribution is -0.191. The van der Waals surface area contributed by atoms with E-state index in [1.165, 1.54) is 0 Å². The molecule has 0 aromatic carbocycles. The largest absolute Gasteiger partial charge is 0.492 e. The van der Waals surface area contributed by atoms with E-state index in [0.29, 0.717) is 0 Å². The van der Waals surface area contributed by atoms with Gasteiger partial charge in [-0.25, -0.2) is 4.79 Å². The van der Waals surface area contributed by atoms with Gasteiger partial charge in [0.05, 0.1) is 0 Å². The lowest BCUT2D eigenvalue weighted by Gasteiger charge is -2.02. The fourth-order valence-electron chi connectivity index (χ4n) is 0.153. The molecule has 0 spiro atoms. The van der Waals surface area contributed by atoms with E-state index in [-0.39, 0.29) is 0 Å². The molecule has 10 heteroatoms. The van der Waals surface area contributed by atoms with Crippen molar-refractivity contribution >= 4 is 16.4 Å². The Morgan fingerprint density at radius 2 is 1.67 bits per heavy atom. The maximum absolute atomic E-state index is 11.2. The Bertz CT molecular complexity index is 264. The molecule has 0 aliphatic heterocycles. The maximum Gasteiger partial charge on any atom is 0.492 e. The SMILES string of the molecule is O=C(OS(=O)(=O)OF)C(F)(F)F. The van der Waals surface area contributed by atoms with Crippen LogP contribution in [-0.4, -0.2) is 20.6 Å². The highest BCUT2D eigenvalue weighted by Crippen LogP contribution is 2.18. The van der Waals surface area contributed by atoms with Crippen LogP contribution in [0.5, 0.6) is 0 Å². The van der Waals surface area contributed by atoms with E-state index in [9.17, 15) is 30.9 Å². The van der Waals surface area contributed by atoms with Crippen molar-refractivity contribution in [3.8, 4) is 0 Å². The Hall–Kier alpha value is -0.900. The monoisotopic (exact) mass is 212 g/mol. The molecule has 0 aliphatic rings. The first-order valence-corrected chi connectivity index (χ1v) is 3.38. The zero-order valence-electron chi connectivity index (χ0n) is 4.96. The van der Waals surface area contributed by atoms with Gasteiger partial charge in [0, 0.05) is 0 Å². The van der Waals surface area contributed by atoms with E-state index in [2.05, 4.69) is 4.18 Å². The van der Waals surface area contributed by atoms with Crippen LogP contribution in [0.4, 0.5) is 17.7 Å². The first-order chi connectivity index (χ1) is 5.19. The third kappa shape index (κ3) is 3.48. The molecule has 0 heterocycles. The van der Waals surface area contributed by atoms with Crippen molar-refractivity contribution in [2.45, 2.75) is 6.18 Å². The molecule has 0 aliphatic carbocycles. The van der Waals surface area contributed by atoms with E-state index >= 15 is 0 Å². The Kier molecular flexibility index (Phi) is 2.98. The molecular formula is C2F4O5S. The molecule has 0 saturated carbocycles. The number of halogens is 4. The normalized spacial score (nSPS) is 12.7. The van der Waals surface area contributed by atoms with Gasteiger partial charge >= 0.3 is 22.5 Å². The molecule has 0 radical (unpaired) electrons. The summed E-state index contributed by atoms with van der Waals surface area (Å²) in [5.41, 5.74) is 0. The Balaban J connectivity index is 4.42. The summed E-state index contributed by atoms with van der Waals surface area (Å²) in [4.78, 5) is 9.67. The molecule has 0 amide bonds. The average Bonchev–Trinajstić information content (AvgIpc) is 1.85. The molecular weight excluding hydrogens is 212 g/mol. The van der Waals surface area contributed by atoms with Crippen molar-refractivity contribution in [1.29, 1.82) is 0 Å². The molecule has 0 atom stereocenters. The second-order valence-corrected chi connectivity index (χ2v) is 2.45. The lowest BCUT2D eigenvalue weighted by atomic mass is 10.7. The third-order valence-corrected chi connectivity index (χ3v) is 0.996. The van der Waals surface area contributed by atoms with Gasteiger partial charge in [-0.1, -0.05) is 0 Å². The van der Waals surface area contributed by atoms with Crippen molar-refractivity contribution in [1.82, 2.24) is 0 Å². The van der Waals surface area contributed by atoms with Crippen LogP contribution in [0.1, 0.15) is 0 Å². The van der Waals surface area contributed by atoms with Crippen LogP contribution < -0.4 is 0 Å². The van der Waals surface area contributed by atoms with Crippen molar-refractivity contribution in [2.75, 3.05) is 0 Å². The number of hydrogen-bond acceptors (Lipinski definition) is 5. The van der Waals surface area contributed by atoms with E-state index in [1.807, 2.05) is 4.39 Å². The van der Waals surface area contributed by atoms with Gasteiger partial charge in [-0.2, -0.15) is 21.6 Å². The zero-order valence-corrected chi connectivity index (χ0v) is 5.78. The minimum absolute atomic E-state index is 1.93.